The van der Waals surface area contributed by atoms with E-state index in [4.69, 9.17) is 9.15 Å². The van der Waals surface area contributed by atoms with Crippen molar-refractivity contribution < 1.29 is 18.7 Å². The summed E-state index contributed by atoms with van der Waals surface area (Å²) in [6, 6.07) is 1.98. The molecule has 1 aromatic heterocycles. The second-order valence-corrected chi connectivity index (χ2v) is 6.19. The number of hydrogen-bond acceptors (Lipinski definition) is 5. The third-order valence-corrected chi connectivity index (χ3v) is 4.73. The maximum atomic E-state index is 12.2. The van der Waals surface area contributed by atoms with E-state index in [9.17, 15) is 9.59 Å². The fourth-order valence-electron chi connectivity index (χ4n) is 2.27. The molecule has 1 amide bonds. The molecule has 21 heavy (non-hydrogen) atoms. The van der Waals surface area contributed by atoms with Gasteiger partial charge in [0, 0.05) is 18.7 Å². The van der Waals surface area contributed by atoms with E-state index in [-0.39, 0.29) is 23.7 Å². The summed E-state index contributed by atoms with van der Waals surface area (Å²) in [6.45, 7) is 6.41. The zero-order chi connectivity index (χ0) is 15.4. The van der Waals surface area contributed by atoms with Crippen LogP contribution in [0.1, 0.15) is 42.2 Å². The summed E-state index contributed by atoms with van der Waals surface area (Å²) in [5.74, 6) is 2.22. The SMILES string of the molecule is CCOC(=O)CCN1C(=O)CCSC1c1cc(C)c(C)o1. The number of ether oxygens (including phenoxy) is 1. The van der Waals surface area contributed by atoms with Crippen LogP contribution in [-0.4, -0.2) is 35.7 Å². The molecule has 1 aliphatic heterocycles. The fourth-order valence-corrected chi connectivity index (χ4v) is 3.47. The Balaban J connectivity index is 2.09. The highest BCUT2D eigenvalue weighted by Crippen LogP contribution is 2.38. The number of esters is 1. The molecule has 0 spiro atoms. The van der Waals surface area contributed by atoms with Gasteiger partial charge in [-0.15, -0.1) is 11.8 Å². The van der Waals surface area contributed by atoms with Crippen LogP contribution in [0.15, 0.2) is 10.5 Å². The van der Waals surface area contributed by atoms with Gasteiger partial charge in [-0.2, -0.15) is 0 Å². The minimum absolute atomic E-state index is 0.0646. The number of aryl methyl sites for hydroxylation is 2. The summed E-state index contributed by atoms with van der Waals surface area (Å²) in [6.07, 6.45) is 0.720. The molecule has 2 heterocycles. The lowest BCUT2D eigenvalue weighted by atomic mass is 10.2. The Morgan fingerprint density at radius 2 is 2.29 bits per heavy atom. The second kappa shape index (κ2) is 7.02. The summed E-state index contributed by atoms with van der Waals surface area (Å²) in [7, 11) is 0. The van der Waals surface area contributed by atoms with Crippen LogP contribution in [0.4, 0.5) is 0 Å². The van der Waals surface area contributed by atoms with E-state index >= 15 is 0 Å². The van der Waals surface area contributed by atoms with E-state index in [0.29, 0.717) is 19.6 Å². The zero-order valence-corrected chi connectivity index (χ0v) is 13.5. The third kappa shape index (κ3) is 3.81. The second-order valence-electron chi connectivity index (χ2n) is 5.00. The molecule has 1 aromatic rings. The highest BCUT2D eigenvalue weighted by Gasteiger charge is 2.32. The Morgan fingerprint density at radius 1 is 1.52 bits per heavy atom. The van der Waals surface area contributed by atoms with Crippen LogP contribution >= 0.6 is 11.8 Å². The van der Waals surface area contributed by atoms with Crippen molar-refractivity contribution in [3.8, 4) is 0 Å². The first-order chi connectivity index (χ1) is 10.0. The Kier molecular flexibility index (Phi) is 5.33. The van der Waals surface area contributed by atoms with E-state index in [2.05, 4.69) is 0 Å². The zero-order valence-electron chi connectivity index (χ0n) is 12.7. The third-order valence-electron chi connectivity index (χ3n) is 3.49. The summed E-state index contributed by atoms with van der Waals surface area (Å²) in [4.78, 5) is 25.4. The monoisotopic (exact) mass is 311 g/mol. The predicted molar refractivity (Wildman–Crippen MR) is 81.0 cm³/mol. The average molecular weight is 311 g/mol. The number of thioether (sulfide) groups is 1. The molecule has 0 N–H and O–H groups in total. The standard InChI is InChI=1S/C15H21NO4S/c1-4-19-14(18)5-7-16-13(17)6-8-21-15(16)12-9-10(2)11(3)20-12/h9,15H,4-8H2,1-3H3. The number of nitrogens with zero attached hydrogens (tertiary/aromatic N) is 1. The summed E-state index contributed by atoms with van der Waals surface area (Å²) < 4.78 is 10.7. The van der Waals surface area contributed by atoms with Gasteiger partial charge in [0.2, 0.25) is 5.91 Å². The Bertz CT molecular complexity index is 506. The first kappa shape index (κ1) is 15.9. The first-order valence-electron chi connectivity index (χ1n) is 7.16. The van der Waals surface area contributed by atoms with Gasteiger partial charge in [-0.05, 0) is 32.4 Å². The summed E-state index contributed by atoms with van der Waals surface area (Å²) in [5.41, 5.74) is 1.08. The topological polar surface area (TPSA) is 59.8 Å². The Hall–Kier alpha value is -1.43. The van der Waals surface area contributed by atoms with Gasteiger partial charge in [-0.3, -0.25) is 9.59 Å². The number of furan rings is 1. The van der Waals surface area contributed by atoms with E-state index in [1.165, 1.54) is 0 Å². The van der Waals surface area contributed by atoms with Crippen LogP contribution < -0.4 is 0 Å². The van der Waals surface area contributed by atoms with Gasteiger partial charge >= 0.3 is 5.97 Å². The van der Waals surface area contributed by atoms with E-state index < -0.39 is 0 Å². The van der Waals surface area contributed by atoms with Gasteiger partial charge in [0.25, 0.3) is 0 Å². The minimum Gasteiger partial charge on any atom is -0.466 e. The lowest BCUT2D eigenvalue weighted by molar-refractivity contribution is -0.144. The molecule has 116 valence electrons. The van der Waals surface area contributed by atoms with Crippen molar-refractivity contribution in [2.45, 2.75) is 39.0 Å². The van der Waals surface area contributed by atoms with Gasteiger partial charge in [0.15, 0.2) is 0 Å². The van der Waals surface area contributed by atoms with Gasteiger partial charge in [0.05, 0.1) is 13.0 Å². The molecule has 0 bridgehead atoms. The van der Waals surface area contributed by atoms with Crippen molar-refractivity contribution in [1.82, 2.24) is 4.90 Å². The normalized spacial score (nSPS) is 18.9. The highest BCUT2D eigenvalue weighted by molar-refractivity contribution is 7.99. The number of carbonyl (C=O) groups excluding carboxylic acids is 2. The molecule has 0 aromatic carbocycles. The van der Waals surface area contributed by atoms with Crippen LogP contribution in [-0.2, 0) is 14.3 Å². The number of hydrogen-bond donors (Lipinski definition) is 0. The Morgan fingerprint density at radius 3 is 2.90 bits per heavy atom. The van der Waals surface area contributed by atoms with Crippen molar-refractivity contribution in [1.29, 1.82) is 0 Å². The molecular formula is C15H21NO4S. The highest BCUT2D eigenvalue weighted by atomic mass is 32.2. The van der Waals surface area contributed by atoms with Crippen LogP contribution in [0.25, 0.3) is 0 Å². The van der Waals surface area contributed by atoms with Crippen molar-refractivity contribution >= 4 is 23.6 Å². The molecular weight excluding hydrogens is 290 g/mol. The van der Waals surface area contributed by atoms with Crippen LogP contribution in [0.5, 0.6) is 0 Å². The fraction of sp³-hybridized carbons (Fsp3) is 0.600. The van der Waals surface area contributed by atoms with Crippen molar-refractivity contribution in [2.75, 3.05) is 18.9 Å². The largest absolute Gasteiger partial charge is 0.466 e. The van der Waals surface area contributed by atoms with Gasteiger partial charge < -0.3 is 14.1 Å². The molecule has 5 nitrogen and oxygen atoms in total. The number of amides is 1. The minimum atomic E-state index is -0.272. The number of carbonyl (C=O) groups is 2. The van der Waals surface area contributed by atoms with Crippen LogP contribution in [0, 0.1) is 13.8 Å². The lowest BCUT2D eigenvalue weighted by Crippen LogP contribution is -2.38. The predicted octanol–water partition coefficient (Wildman–Crippen LogP) is 2.81. The van der Waals surface area contributed by atoms with Gasteiger partial charge in [-0.1, -0.05) is 0 Å². The van der Waals surface area contributed by atoms with Crippen molar-refractivity contribution in [2.24, 2.45) is 0 Å². The smallest absolute Gasteiger partial charge is 0.307 e. The summed E-state index contributed by atoms with van der Waals surface area (Å²) >= 11 is 1.67. The van der Waals surface area contributed by atoms with Crippen molar-refractivity contribution in [3.63, 3.8) is 0 Å². The molecule has 1 atom stereocenters. The molecule has 1 aliphatic rings. The first-order valence-corrected chi connectivity index (χ1v) is 8.21. The van der Waals surface area contributed by atoms with E-state index in [0.717, 1.165) is 22.8 Å². The van der Waals surface area contributed by atoms with Gasteiger partial charge in [0.1, 0.15) is 16.9 Å². The summed E-state index contributed by atoms with van der Waals surface area (Å²) in [5, 5.41) is -0.145. The molecule has 1 saturated heterocycles. The maximum Gasteiger partial charge on any atom is 0.307 e. The molecule has 1 fully saturated rings. The number of rotatable bonds is 5. The molecule has 0 radical (unpaired) electrons. The molecule has 2 rings (SSSR count). The lowest BCUT2D eigenvalue weighted by Gasteiger charge is -2.33. The van der Waals surface area contributed by atoms with Crippen LogP contribution in [0.2, 0.25) is 0 Å². The molecule has 0 saturated carbocycles. The maximum absolute atomic E-state index is 12.2. The van der Waals surface area contributed by atoms with Crippen LogP contribution in [0.3, 0.4) is 0 Å². The van der Waals surface area contributed by atoms with Crippen molar-refractivity contribution in [3.05, 3.63) is 23.2 Å². The quantitative estimate of drug-likeness (QED) is 0.783. The Labute approximate surface area is 129 Å². The van der Waals surface area contributed by atoms with E-state index in [1.54, 1.807) is 23.6 Å². The molecule has 0 aliphatic carbocycles. The molecule has 6 heteroatoms. The molecule has 1 unspecified atom stereocenters. The van der Waals surface area contributed by atoms with Gasteiger partial charge in [-0.25, -0.2) is 0 Å². The average Bonchev–Trinajstić information content (AvgIpc) is 2.77. The van der Waals surface area contributed by atoms with E-state index in [1.807, 2.05) is 19.9 Å².